The van der Waals surface area contributed by atoms with Gasteiger partial charge in [-0.05, 0) is 36.2 Å². The summed E-state index contributed by atoms with van der Waals surface area (Å²) in [5.74, 6) is 1.04. The topological polar surface area (TPSA) is 107 Å². The minimum absolute atomic E-state index is 0.114. The lowest BCUT2D eigenvalue weighted by Crippen LogP contribution is -2.48. The van der Waals surface area contributed by atoms with E-state index in [0.29, 0.717) is 34.1 Å². The summed E-state index contributed by atoms with van der Waals surface area (Å²) < 4.78 is 21.6. The number of rotatable bonds is 10. The van der Waals surface area contributed by atoms with Crippen LogP contribution in [0.2, 0.25) is 0 Å². The molecule has 0 radical (unpaired) electrons. The van der Waals surface area contributed by atoms with Crippen molar-refractivity contribution >= 4 is 18.0 Å². The van der Waals surface area contributed by atoms with E-state index in [1.54, 1.807) is 42.5 Å². The van der Waals surface area contributed by atoms with E-state index in [1.807, 2.05) is 13.8 Å². The molecule has 33 heavy (non-hydrogen) atoms. The summed E-state index contributed by atoms with van der Waals surface area (Å²) in [5.41, 5.74) is 3.46. The summed E-state index contributed by atoms with van der Waals surface area (Å²) >= 11 is 0. The van der Waals surface area contributed by atoms with Gasteiger partial charge in [0.15, 0.2) is 23.0 Å². The lowest BCUT2D eigenvalue weighted by Gasteiger charge is -2.20. The highest BCUT2D eigenvalue weighted by atomic mass is 16.7. The first-order valence-electron chi connectivity index (χ1n) is 10.4. The molecule has 1 atom stereocenters. The Morgan fingerprint density at radius 3 is 2.73 bits per heavy atom. The van der Waals surface area contributed by atoms with Gasteiger partial charge < -0.3 is 24.3 Å². The Labute approximate surface area is 192 Å². The normalized spacial score (nSPS) is 13.0. The third-order valence-corrected chi connectivity index (χ3v) is 4.82. The Balaban J connectivity index is 1.68. The molecule has 174 valence electrons. The van der Waals surface area contributed by atoms with Gasteiger partial charge in [0.2, 0.25) is 6.79 Å². The molecule has 0 bridgehead atoms. The number of hydrazone groups is 1. The Hall–Kier alpha value is -4.01. The molecule has 0 aromatic heterocycles. The molecular weight excluding hydrogens is 426 g/mol. The molecule has 2 N–H and O–H groups in total. The molecule has 0 spiro atoms. The van der Waals surface area contributed by atoms with Crippen molar-refractivity contribution in [2.24, 2.45) is 11.0 Å². The number of benzene rings is 2. The van der Waals surface area contributed by atoms with Crippen LogP contribution in [0, 0.1) is 5.92 Å². The molecule has 9 nitrogen and oxygen atoms in total. The fourth-order valence-electron chi connectivity index (χ4n) is 3.12. The SMILES string of the molecule is C=CCOc1c(C=NNC(=O)C(NC(=O)c2ccc3c(c2)OCO3)C(C)C)cccc1OC. The van der Waals surface area contributed by atoms with Crippen molar-refractivity contribution in [3.8, 4) is 23.0 Å². The standard InChI is InChI=1S/C24H27N3O6/c1-5-11-31-22-17(7-6-8-19(22)30-4)13-25-27-24(29)21(15(2)3)26-23(28)16-9-10-18-20(12-16)33-14-32-18/h5-10,12-13,15,21H,1,11,14H2,2-4H3,(H,26,28)(H,27,29). The van der Waals surface area contributed by atoms with Crippen LogP contribution in [-0.2, 0) is 4.79 Å². The fourth-order valence-corrected chi connectivity index (χ4v) is 3.12. The van der Waals surface area contributed by atoms with E-state index in [4.69, 9.17) is 18.9 Å². The van der Waals surface area contributed by atoms with Gasteiger partial charge in [-0.15, -0.1) is 0 Å². The van der Waals surface area contributed by atoms with Crippen molar-refractivity contribution in [1.29, 1.82) is 0 Å². The van der Waals surface area contributed by atoms with Crippen molar-refractivity contribution in [1.82, 2.24) is 10.7 Å². The molecule has 1 heterocycles. The number of nitrogens with one attached hydrogen (secondary N) is 2. The number of nitrogens with zero attached hydrogens (tertiary/aromatic N) is 1. The zero-order valence-corrected chi connectivity index (χ0v) is 18.8. The highest BCUT2D eigenvalue weighted by Gasteiger charge is 2.25. The number of methoxy groups -OCH3 is 1. The molecule has 0 saturated carbocycles. The molecular formula is C24H27N3O6. The van der Waals surface area contributed by atoms with E-state index in [9.17, 15) is 9.59 Å². The smallest absolute Gasteiger partial charge is 0.262 e. The molecule has 3 rings (SSSR count). The minimum atomic E-state index is -0.804. The zero-order valence-electron chi connectivity index (χ0n) is 18.8. The maximum Gasteiger partial charge on any atom is 0.262 e. The summed E-state index contributed by atoms with van der Waals surface area (Å²) in [7, 11) is 1.54. The van der Waals surface area contributed by atoms with Crippen LogP contribution in [0.15, 0.2) is 54.2 Å². The molecule has 0 saturated heterocycles. The van der Waals surface area contributed by atoms with Gasteiger partial charge in [-0.2, -0.15) is 5.10 Å². The Morgan fingerprint density at radius 1 is 1.21 bits per heavy atom. The fraction of sp³-hybridized carbons (Fsp3) is 0.292. The molecule has 2 aromatic carbocycles. The number of carbonyl (C=O) groups is 2. The average molecular weight is 453 g/mol. The van der Waals surface area contributed by atoms with Crippen LogP contribution in [0.5, 0.6) is 23.0 Å². The quantitative estimate of drug-likeness (QED) is 0.325. The first-order chi connectivity index (χ1) is 15.9. The lowest BCUT2D eigenvalue weighted by atomic mass is 10.0. The highest BCUT2D eigenvalue weighted by Crippen LogP contribution is 2.32. The number of amides is 2. The summed E-state index contributed by atoms with van der Waals surface area (Å²) in [6.45, 7) is 7.70. The summed E-state index contributed by atoms with van der Waals surface area (Å²) in [6.07, 6.45) is 3.07. The van der Waals surface area contributed by atoms with Crippen LogP contribution >= 0.6 is 0 Å². The summed E-state index contributed by atoms with van der Waals surface area (Å²) in [4.78, 5) is 25.5. The third-order valence-electron chi connectivity index (χ3n) is 4.82. The number of ether oxygens (including phenoxy) is 4. The Morgan fingerprint density at radius 2 is 2.00 bits per heavy atom. The van der Waals surface area contributed by atoms with E-state index in [0.717, 1.165) is 0 Å². The van der Waals surface area contributed by atoms with E-state index in [2.05, 4.69) is 22.4 Å². The minimum Gasteiger partial charge on any atom is -0.493 e. The molecule has 0 aliphatic carbocycles. The van der Waals surface area contributed by atoms with Crippen molar-refractivity contribution < 1.29 is 28.5 Å². The van der Waals surface area contributed by atoms with Crippen LogP contribution in [0.1, 0.15) is 29.8 Å². The van der Waals surface area contributed by atoms with Crippen LogP contribution in [0.3, 0.4) is 0 Å². The predicted molar refractivity (Wildman–Crippen MR) is 123 cm³/mol. The van der Waals surface area contributed by atoms with Gasteiger partial charge in [0.1, 0.15) is 12.6 Å². The summed E-state index contributed by atoms with van der Waals surface area (Å²) in [6, 6.07) is 9.37. The van der Waals surface area contributed by atoms with Gasteiger partial charge in [-0.1, -0.05) is 32.6 Å². The number of carbonyl (C=O) groups excluding carboxylic acids is 2. The zero-order chi connectivity index (χ0) is 23.8. The maximum absolute atomic E-state index is 12.8. The third kappa shape index (κ3) is 5.82. The van der Waals surface area contributed by atoms with Crippen LogP contribution < -0.4 is 29.7 Å². The average Bonchev–Trinajstić information content (AvgIpc) is 3.28. The van der Waals surface area contributed by atoms with E-state index >= 15 is 0 Å². The highest BCUT2D eigenvalue weighted by molar-refractivity contribution is 5.98. The molecule has 1 aliphatic heterocycles. The second-order valence-electron chi connectivity index (χ2n) is 7.48. The second kappa shape index (κ2) is 11.0. The van der Waals surface area contributed by atoms with Crippen LogP contribution in [0.25, 0.3) is 0 Å². The molecule has 1 aliphatic rings. The monoisotopic (exact) mass is 453 g/mol. The van der Waals surface area contributed by atoms with Gasteiger partial charge >= 0.3 is 0 Å². The number of hydrogen-bond donors (Lipinski definition) is 2. The van der Waals surface area contributed by atoms with Gasteiger partial charge in [-0.3, -0.25) is 9.59 Å². The molecule has 1 unspecified atom stereocenters. The van der Waals surface area contributed by atoms with Crippen molar-refractivity contribution in [2.45, 2.75) is 19.9 Å². The predicted octanol–water partition coefficient (Wildman–Crippen LogP) is 2.89. The van der Waals surface area contributed by atoms with E-state index in [-0.39, 0.29) is 19.3 Å². The molecule has 9 heteroatoms. The summed E-state index contributed by atoms with van der Waals surface area (Å²) in [5, 5.41) is 6.80. The Bertz CT molecular complexity index is 1050. The number of para-hydroxylation sites is 1. The maximum atomic E-state index is 12.8. The van der Waals surface area contributed by atoms with Crippen molar-refractivity contribution in [2.75, 3.05) is 20.5 Å². The van der Waals surface area contributed by atoms with Gasteiger partial charge in [0.25, 0.3) is 11.8 Å². The van der Waals surface area contributed by atoms with Crippen LogP contribution in [-0.4, -0.2) is 44.6 Å². The van der Waals surface area contributed by atoms with Gasteiger partial charge in [0, 0.05) is 11.1 Å². The number of hydrogen-bond acceptors (Lipinski definition) is 7. The largest absolute Gasteiger partial charge is 0.493 e. The second-order valence-corrected chi connectivity index (χ2v) is 7.48. The number of fused-ring (bicyclic) bond motifs is 1. The van der Waals surface area contributed by atoms with Gasteiger partial charge in [-0.25, -0.2) is 5.43 Å². The first kappa shape index (κ1) is 23.6. The van der Waals surface area contributed by atoms with Crippen molar-refractivity contribution in [3.63, 3.8) is 0 Å². The molecule has 0 fully saturated rings. The molecule has 2 aromatic rings. The van der Waals surface area contributed by atoms with Gasteiger partial charge in [0.05, 0.1) is 13.3 Å². The van der Waals surface area contributed by atoms with E-state index in [1.165, 1.54) is 13.3 Å². The lowest BCUT2D eigenvalue weighted by molar-refractivity contribution is -0.123. The molecule has 2 amide bonds. The Kier molecular flexibility index (Phi) is 7.91. The van der Waals surface area contributed by atoms with Crippen molar-refractivity contribution in [3.05, 3.63) is 60.2 Å². The van der Waals surface area contributed by atoms with E-state index < -0.39 is 17.9 Å². The first-order valence-corrected chi connectivity index (χ1v) is 10.4. The van der Waals surface area contributed by atoms with Crippen LogP contribution in [0.4, 0.5) is 0 Å².